The topological polar surface area (TPSA) is 76.7 Å². The van der Waals surface area contributed by atoms with Crippen LogP contribution in [0.2, 0.25) is 0 Å². The number of ether oxygens (including phenoxy) is 2. The molecule has 0 saturated heterocycles. The van der Waals surface area contributed by atoms with Crippen LogP contribution in [0.4, 0.5) is 37.7 Å². The van der Waals surface area contributed by atoms with E-state index in [9.17, 15) is 35.9 Å². The number of rotatable bonds is 10. The van der Waals surface area contributed by atoms with Gasteiger partial charge in [0.2, 0.25) is 0 Å². The smallest absolute Gasteiger partial charge is 0.345 e. The van der Waals surface area contributed by atoms with Crippen LogP contribution in [0.25, 0.3) is 0 Å². The van der Waals surface area contributed by atoms with Crippen molar-refractivity contribution in [2.24, 2.45) is 0 Å². The Balaban J connectivity index is 1.80. The number of carbonyl (C=O) groups is 2. The number of esters is 2. The molecule has 34 heavy (non-hydrogen) atoms. The summed E-state index contributed by atoms with van der Waals surface area (Å²) in [7, 11) is 0. The Labute approximate surface area is 190 Å². The minimum Gasteiger partial charge on any atom is -0.460 e. The predicted octanol–water partition coefficient (Wildman–Crippen LogP) is 4.46. The van der Waals surface area contributed by atoms with Gasteiger partial charge in [0.15, 0.2) is 34.9 Å². The van der Waals surface area contributed by atoms with Crippen molar-refractivity contribution in [1.29, 1.82) is 0 Å². The molecule has 0 aliphatic rings. The zero-order valence-electron chi connectivity index (χ0n) is 18.0. The fraction of sp³-hybridized carbons (Fsp3) is 0.273. The van der Waals surface area contributed by atoms with E-state index in [2.05, 4.69) is 17.2 Å². The summed E-state index contributed by atoms with van der Waals surface area (Å²) in [6.07, 6.45) is 0. The lowest BCUT2D eigenvalue weighted by atomic mass is 10.2. The van der Waals surface area contributed by atoms with Crippen LogP contribution in [0.5, 0.6) is 0 Å². The average molecular weight is 490 g/mol. The molecule has 2 rings (SSSR count). The molecule has 0 aromatic heterocycles. The molecule has 2 aromatic rings. The molecule has 0 aliphatic heterocycles. The SMILES string of the molecule is C=C(C(=O)OC[C@H](C)Nc1ccc(F)c(F)c1F)C(=O)OC[C@H](C)Nc1ccc(F)c(F)c1F. The third-order valence-corrected chi connectivity index (χ3v) is 4.30. The van der Waals surface area contributed by atoms with Crippen LogP contribution in [0, 0.1) is 34.9 Å². The number of hydrogen-bond donors (Lipinski definition) is 2. The van der Waals surface area contributed by atoms with Gasteiger partial charge in [-0.2, -0.15) is 0 Å². The normalized spacial score (nSPS) is 12.5. The molecule has 0 spiro atoms. The van der Waals surface area contributed by atoms with Gasteiger partial charge in [0.25, 0.3) is 0 Å². The van der Waals surface area contributed by atoms with Crippen molar-refractivity contribution in [3.05, 3.63) is 71.3 Å². The summed E-state index contributed by atoms with van der Waals surface area (Å²) in [5.41, 5.74) is -1.41. The highest BCUT2D eigenvalue weighted by Crippen LogP contribution is 2.21. The van der Waals surface area contributed by atoms with E-state index in [0.717, 1.165) is 12.1 Å². The predicted molar refractivity (Wildman–Crippen MR) is 110 cm³/mol. The summed E-state index contributed by atoms with van der Waals surface area (Å²) < 4.78 is 89.5. The quantitative estimate of drug-likeness (QED) is 0.128. The van der Waals surface area contributed by atoms with Crippen LogP contribution in [0.15, 0.2) is 36.4 Å². The van der Waals surface area contributed by atoms with Crippen LogP contribution in [-0.4, -0.2) is 37.2 Å². The van der Waals surface area contributed by atoms with Crippen LogP contribution < -0.4 is 10.6 Å². The lowest BCUT2D eigenvalue weighted by Gasteiger charge is -2.17. The maximum Gasteiger partial charge on any atom is 0.345 e. The molecule has 0 radical (unpaired) electrons. The summed E-state index contributed by atoms with van der Waals surface area (Å²) in [6, 6.07) is 1.83. The molecule has 0 fully saturated rings. The number of benzene rings is 2. The summed E-state index contributed by atoms with van der Waals surface area (Å²) >= 11 is 0. The Morgan fingerprint density at radius 2 is 1.09 bits per heavy atom. The molecule has 2 atom stereocenters. The monoisotopic (exact) mass is 490 g/mol. The Morgan fingerprint density at radius 1 is 0.735 bits per heavy atom. The van der Waals surface area contributed by atoms with Crippen molar-refractivity contribution in [3.8, 4) is 0 Å². The van der Waals surface area contributed by atoms with E-state index in [1.807, 2.05) is 0 Å². The van der Waals surface area contributed by atoms with Gasteiger partial charge in [-0.05, 0) is 38.1 Å². The Morgan fingerprint density at radius 3 is 1.44 bits per heavy atom. The lowest BCUT2D eigenvalue weighted by molar-refractivity contribution is -0.147. The van der Waals surface area contributed by atoms with E-state index in [0.29, 0.717) is 12.1 Å². The highest BCUT2D eigenvalue weighted by molar-refractivity contribution is 6.13. The molecule has 0 unspecified atom stereocenters. The average Bonchev–Trinajstić information content (AvgIpc) is 2.81. The molecule has 6 nitrogen and oxygen atoms in total. The highest BCUT2D eigenvalue weighted by Gasteiger charge is 2.22. The Hall–Kier alpha value is -3.70. The highest BCUT2D eigenvalue weighted by atomic mass is 19.2. The van der Waals surface area contributed by atoms with E-state index in [1.54, 1.807) is 0 Å². The summed E-state index contributed by atoms with van der Waals surface area (Å²) in [6.45, 7) is 5.36. The number of anilines is 2. The molecule has 2 aromatic carbocycles. The lowest BCUT2D eigenvalue weighted by Crippen LogP contribution is -2.28. The van der Waals surface area contributed by atoms with Crippen molar-refractivity contribution in [1.82, 2.24) is 0 Å². The van der Waals surface area contributed by atoms with Gasteiger partial charge >= 0.3 is 11.9 Å². The first-order valence-electron chi connectivity index (χ1n) is 9.75. The van der Waals surface area contributed by atoms with Crippen LogP contribution in [-0.2, 0) is 19.1 Å². The summed E-state index contributed by atoms with van der Waals surface area (Å²) in [5.74, 6) is -11.3. The second kappa shape index (κ2) is 11.4. The van der Waals surface area contributed by atoms with Crippen LogP contribution in [0.1, 0.15) is 13.8 Å². The minimum absolute atomic E-state index is 0.361. The van der Waals surface area contributed by atoms with Gasteiger partial charge in [0.05, 0.1) is 23.5 Å². The van der Waals surface area contributed by atoms with E-state index in [4.69, 9.17) is 9.47 Å². The van der Waals surface area contributed by atoms with Crippen LogP contribution in [0.3, 0.4) is 0 Å². The molecule has 0 aliphatic carbocycles. The standard InChI is InChI=1S/C22H20F6N2O4/c1-10(29-15-6-4-13(23)17(25)19(15)27)8-33-21(31)12(3)22(32)34-9-11(2)30-16-7-5-14(24)18(26)20(16)28/h4-7,10-11,29-30H,3,8-9H2,1-2H3/t10-,11-/m0/s1. The first kappa shape index (κ1) is 26.6. The molecule has 0 heterocycles. The molecule has 184 valence electrons. The first-order valence-corrected chi connectivity index (χ1v) is 9.75. The maximum atomic E-state index is 13.7. The van der Waals surface area contributed by atoms with Gasteiger partial charge in [-0.3, -0.25) is 0 Å². The number of hydrogen-bond acceptors (Lipinski definition) is 6. The third-order valence-electron chi connectivity index (χ3n) is 4.30. The number of nitrogens with one attached hydrogen (secondary N) is 2. The molecule has 12 heteroatoms. The molecule has 0 amide bonds. The number of carbonyl (C=O) groups excluding carboxylic acids is 2. The van der Waals surface area contributed by atoms with Gasteiger partial charge in [-0.25, -0.2) is 35.9 Å². The molecule has 0 bridgehead atoms. The van der Waals surface area contributed by atoms with E-state index in [-0.39, 0.29) is 11.4 Å². The fourth-order valence-corrected chi connectivity index (χ4v) is 2.55. The minimum atomic E-state index is -1.67. The largest absolute Gasteiger partial charge is 0.460 e. The zero-order chi connectivity index (χ0) is 25.6. The van der Waals surface area contributed by atoms with Crippen molar-refractivity contribution < 1.29 is 45.4 Å². The van der Waals surface area contributed by atoms with E-state index >= 15 is 0 Å². The molecule has 2 N–H and O–H groups in total. The van der Waals surface area contributed by atoms with Gasteiger partial charge in [-0.1, -0.05) is 6.58 Å². The van der Waals surface area contributed by atoms with Gasteiger partial charge in [0, 0.05) is 0 Å². The van der Waals surface area contributed by atoms with E-state index < -0.39 is 77.7 Å². The van der Waals surface area contributed by atoms with Crippen LogP contribution >= 0.6 is 0 Å². The van der Waals surface area contributed by atoms with Crippen molar-refractivity contribution >= 4 is 23.3 Å². The third kappa shape index (κ3) is 6.65. The maximum absolute atomic E-state index is 13.7. The first-order chi connectivity index (χ1) is 15.9. The fourth-order valence-electron chi connectivity index (χ4n) is 2.55. The Bertz CT molecular complexity index is 1010. The number of halogens is 6. The van der Waals surface area contributed by atoms with Crippen molar-refractivity contribution in [2.45, 2.75) is 25.9 Å². The van der Waals surface area contributed by atoms with E-state index in [1.165, 1.54) is 13.8 Å². The second-order valence-electron chi connectivity index (χ2n) is 7.21. The Kier molecular flexibility index (Phi) is 8.93. The zero-order valence-corrected chi connectivity index (χ0v) is 18.0. The van der Waals surface area contributed by atoms with Crippen molar-refractivity contribution in [3.63, 3.8) is 0 Å². The molecular formula is C22H20F6N2O4. The summed E-state index contributed by atoms with van der Waals surface area (Å²) in [5, 5.41) is 4.97. The summed E-state index contributed by atoms with van der Waals surface area (Å²) in [4.78, 5) is 24.0. The molecule has 0 saturated carbocycles. The molecular weight excluding hydrogens is 470 g/mol. The second-order valence-corrected chi connectivity index (χ2v) is 7.21. The van der Waals surface area contributed by atoms with Gasteiger partial charge in [0.1, 0.15) is 18.8 Å². The van der Waals surface area contributed by atoms with Gasteiger partial charge in [-0.15, -0.1) is 0 Å². The van der Waals surface area contributed by atoms with Gasteiger partial charge < -0.3 is 20.1 Å². The van der Waals surface area contributed by atoms with Crippen molar-refractivity contribution in [2.75, 3.05) is 23.8 Å².